The molecule has 1 aromatic carbocycles. The summed E-state index contributed by atoms with van der Waals surface area (Å²) in [6.45, 7) is 4.74. The molecule has 1 aromatic rings. The average Bonchev–Trinajstić information content (AvgIpc) is 2.36. The van der Waals surface area contributed by atoms with Crippen molar-refractivity contribution in [3.63, 3.8) is 0 Å². The van der Waals surface area contributed by atoms with Gasteiger partial charge in [-0.2, -0.15) is 13.2 Å². The molecule has 3 unspecified atom stereocenters. The molecule has 3 atom stereocenters. The van der Waals surface area contributed by atoms with Gasteiger partial charge in [0.2, 0.25) is 0 Å². The lowest BCUT2D eigenvalue weighted by Gasteiger charge is -2.29. The summed E-state index contributed by atoms with van der Waals surface area (Å²) in [5, 5.41) is 9.02. The molecule has 118 valence electrons. The fourth-order valence-electron chi connectivity index (χ4n) is 2.39. The van der Waals surface area contributed by atoms with Gasteiger partial charge in [0, 0.05) is 0 Å². The second-order valence-corrected chi connectivity index (χ2v) is 5.78. The van der Waals surface area contributed by atoms with Crippen molar-refractivity contribution in [2.45, 2.75) is 44.8 Å². The molecule has 0 aliphatic rings. The van der Waals surface area contributed by atoms with Crippen LogP contribution in [0.3, 0.4) is 0 Å². The van der Waals surface area contributed by atoms with Crippen molar-refractivity contribution in [2.24, 2.45) is 11.7 Å². The van der Waals surface area contributed by atoms with Gasteiger partial charge in [-0.15, -0.1) is 0 Å². The van der Waals surface area contributed by atoms with Gasteiger partial charge in [0.1, 0.15) is 5.54 Å². The van der Waals surface area contributed by atoms with Gasteiger partial charge < -0.3 is 10.8 Å². The maximum Gasteiger partial charge on any atom is 0.416 e. The SMILES string of the molecule is CC(CC(C)(N)C(=O)O)C(C)c1ccccc1C(F)(F)F. The predicted octanol–water partition coefficient (Wildman–Crippen LogP) is 3.64. The van der Waals surface area contributed by atoms with Crippen LogP contribution in [-0.4, -0.2) is 16.6 Å². The summed E-state index contributed by atoms with van der Waals surface area (Å²) in [5.74, 6) is -1.92. The van der Waals surface area contributed by atoms with E-state index < -0.39 is 29.2 Å². The number of carbonyl (C=O) groups is 1. The van der Waals surface area contributed by atoms with Gasteiger partial charge in [0.25, 0.3) is 0 Å². The van der Waals surface area contributed by atoms with E-state index in [4.69, 9.17) is 10.8 Å². The summed E-state index contributed by atoms with van der Waals surface area (Å²) in [5.41, 5.74) is 3.70. The molecule has 0 saturated heterocycles. The number of alkyl halides is 3. The zero-order valence-electron chi connectivity index (χ0n) is 12.2. The second-order valence-electron chi connectivity index (χ2n) is 5.78. The van der Waals surface area contributed by atoms with Crippen LogP contribution in [0.25, 0.3) is 0 Å². The monoisotopic (exact) mass is 303 g/mol. The van der Waals surface area contributed by atoms with Crippen LogP contribution in [0.1, 0.15) is 44.2 Å². The van der Waals surface area contributed by atoms with Crippen molar-refractivity contribution >= 4 is 5.97 Å². The standard InChI is InChI=1S/C15H20F3NO2/c1-9(8-14(3,19)13(20)21)10(2)11-6-4-5-7-12(11)15(16,17)18/h4-7,9-10H,8,19H2,1-3H3,(H,20,21). The molecule has 0 spiro atoms. The van der Waals surface area contributed by atoms with E-state index in [1.165, 1.54) is 19.1 Å². The van der Waals surface area contributed by atoms with Crippen molar-refractivity contribution in [1.82, 2.24) is 0 Å². The summed E-state index contributed by atoms with van der Waals surface area (Å²) >= 11 is 0. The third-order valence-corrected chi connectivity index (χ3v) is 3.84. The number of nitrogens with two attached hydrogens (primary N) is 1. The molecule has 0 fully saturated rings. The Kier molecular flexibility index (Phi) is 5.04. The van der Waals surface area contributed by atoms with Crippen molar-refractivity contribution in [2.75, 3.05) is 0 Å². The first kappa shape index (κ1) is 17.5. The molecule has 0 bridgehead atoms. The maximum absolute atomic E-state index is 13.0. The zero-order chi connectivity index (χ0) is 16.4. The van der Waals surface area contributed by atoms with Crippen LogP contribution in [0, 0.1) is 5.92 Å². The minimum Gasteiger partial charge on any atom is -0.480 e. The molecule has 3 N–H and O–H groups in total. The van der Waals surface area contributed by atoms with Gasteiger partial charge in [-0.05, 0) is 36.8 Å². The fraction of sp³-hybridized carbons (Fsp3) is 0.533. The third-order valence-electron chi connectivity index (χ3n) is 3.84. The smallest absolute Gasteiger partial charge is 0.416 e. The highest BCUT2D eigenvalue weighted by Gasteiger charge is 2.37. The van der Waals surface area contributed by atoms with E-state index in [2.05, 4.69) is 0 Å². The number of halogens is 3. The van der Waals surface area contributed by atoms with Gasteiger partial charge in [-0.3, -0.25) is 4.79 Å². The highest BCUT2D eigenvalue weighted by Crippen LogP contribution is 2.38. The highest BCUT2D eigenvalue weighted by molar-refractivity contribution is 5.77. The molecule has 0 heterocycles. The van der Waals surface area contributed by atoms with Gasteiger partial charge in [-0.1, -0.05) is 32.0 Å². The van der Waals surface area contributed by atoms with Crippen LogP contribution in [0.2, 0.25) is 0 Å². The molecule has 21 heavy (non-hydrogen) atoms. The fourth-order valence-corrected chi connectivity index (χ4v) is 2.39. The normalized spacial score (nSPS) is 17.9. The summed E-state index contributed by atoms with van der Waals surface area (Å²) in [4.78, 5) is 11.0. The van der Waals surface area contributed by atoms with Crippen LogP contribution in [0.5, 0.6) is 0 Å². The van der Waals surface area contributed by atoms with Gasteiger partial charge in [0.15, 0.2) is 0 Å². The number of hydrogen-bond acceptors (Lipinski definition) is 2. The number of carboxylic acids is 1. The van der Waals surface area contributed by atoms with Crippen LogP contribution >= 0.6 is 0 Å². The Balaban J connectivity index is 3.04. The Morgan fingerprint density at radius 1 is 1.29 bits per heavy atom. The molecule has 0 aliphatic heterocycles. The first-order chi connectivity index (χ1) is 9.47. The molecular weight excluding hydrogens is 283 g/mol. The number of carboxylic acid groups (broad SMARTS) is 1. The molecule has 0 radical (unpaired) electrons. The maximum atomic E-state index is 13.0. The highest BCUT2D eigenvalue weighted by atomic mass is 19.4. The predicted molar refractivity (Wildman–Crippen MR) is 73.9 cm³/mol. The second kappa shape index (κ2) is 6.05. The molecular formula is C15H20F3NO2. The van der Waals surface area contributed by atoms with Crippen LogP contribution in [0.15, 0.2) is 24.3 Å². The van der Waals surface area contributed by atoms with E-state index in [-0.39, 0.29) is 17.9 Å². The zero-order valence-corrected chi connectivity index (χ0v) is 12.2. The van der Waals surface area contributed by atoms with Crippen LogP contribution in [0.4, 0.5) is 13.2 Å². The Morgan fingerprint density at radius 3 is 2.29 bits per heavy atom. The summed E-state index contributed by atoms with van der Waals surface area (Å²) in [6.07, 6.45) is -4.33. The lowest BCUT2D eigenvalue weighted by atomic mass is 9.79. The lowest BCUT2D eigenvalue weighted by Crippen LogP contribution is -2.46. The number of aliphatic carboxylic acids is 1. The Hall–Kier alpha value is -1.56. The molecule has 0 amide bonds. The van der Waals surface area contributed by atoms with Crippen LogP contribution < -0.4 is 5.73 Å². The molecule has 0 aromatic heterocycles. The number of hydrogen-bond donors (Lipinski definition) is 2. The van der Waals surface area contributed by atoms with E-state index in [1.54, 1.807) is 19.9 Å². The molecule has 3 nitrogen and oxygen atoms in total. The van der Waals surface area contributed by atoms with Gasteiger partial charge in [0.05, 0.1) is 5.56 Å². The van der Waals surface area contributed by atoms with Crippen LogP contribution in [-0.2, 0) is 11.0 Å². The van der Waals surface area contributed by atoms with Gasteiger partial charge >= 0.3 is 12.1 Å². The molecule has 6 heteroatoms. The Morgan fingerprint density at radius 2 is 1.81 bits per heavy atom. The van der Waals surface area contributed by atoms with Crippen molar-refractivity contribution in [1.29, 1.82) is 0 Å². The van der Waals surface area contributed by atoms with E-state index >= 15 is 0 Å². The molecule has 0 aliphatic carbocycles. The van der Waals surface area contributed by atoms with Crippen molar-refractivity contribution < 1.29 is 23.1 Å². The topological polar surface area (TPSA) is 63.3 Å². The van der Waals surface area contributed by atoms with E-state index in [0.29, 0.717) is 0 Å². The van der Waals surface area contributed by atoms with Crippen molar-refractivity contribution in [3.8, 4) is 0 Å². The minimum absolute atomic E-state index is 0.0929. The van der Waals surface area contributed by atoms with Crippen molar-refractivity contribution in [3.05, 3.63) is 35.4 Å². The van der Waals surface area contributed by atoms with E-state index in [9.17, 15) is 18.0 Å². The minimum atomic E-state index is -4.43. The first-order valence-corrected chi connectivity index (χ1v) is 6.65. The Bertz CT molecular complexity index is 512. The first-order valence-electron chi connectivity index (χ1n) is 6.65. The summed E-state index contributed by atoms with van der Waals surface area (Å²) in [6, 6.07) is 5.36. The lowest BCUT2D eigenvalue weighted by molar-refractivity contribution is -0.143. The summed E-state index contributed by atoms with van der Waals surface area (Å²) in [7, 11) is 0. The number of benzene rings is 1. The Labute approximate surface area is 122 Å². The van der Waals surface area contributed by atoms with E-state index in [1.807, 2.05) is 0 Å². The largest absolute Gasteiger partial charge is 0.480 e. The summed E-state index contributed by atoms with van der Waals surface area (Å²) < 4.78 is 39.1. The quantitative estimate of drug-likeness (QED) is 0.873. The number of rotatable bonds is 5. The van der Waals surface area contributed by atoms with E-state index in [0.717, 1.165) is 6.07 Å². The third kappa shape index (κ3) is 4.20. The van der Waals surface area contributed by atoms with Gasteiger partial charge in [-0.25, -0.2) is 0 Å². The molecule has 1 rings (SSSR count). The molecule has 0 saturated carbocycles. The average molecular weight is 303 g/mol.